The van der Waals surface area contributed by atoms with Crippen LogP contribution in [0.5, 0.6) is 0 Å². The second kappa shape index (κ2) is 5.48. The molecular formula is C16H18O5. The topological polar surface area (TPSA) is 61.8 Å². The Balaban J connectivity index is 1.98. The predicted molar refractivity (Wildman–Crippen MR) is 73.3 cm³/mol. The summed E-state index contributed by atoms with van der Waals surface area (Å²) >= 11 is 0. The summed E-state index contributed by atoms with van der Waals surface area (Å²) < 4.78 is 16.2. The van der Waals surface area contributed by atoms with Gasteiger partial charge in [-0.3, -0.25) is 9.59 Å². The highest BCUT2D eigenvalue weighted by molar-refractivity contribution is 5.85. The van der Waals surface area contributed by atoms with Crippen LogP contribution in [0.3, 0.4) is 0 Å². The molecule has 4 atom stereocenters. The van der Waals surface area contributed by atoms with Crippen LogP contribution in [-0.2, 0) is 23.8 Å². The predicted octanol–water partition coefficient (Wildman–Crippen LogP) is 2.17. The molecule has 0 aliphatic carbocycles. The van der Waals surface area contributed by atoms with Crippen LogP contribution in [0.1, 0.15) is 37.2 Å². The van der Waals surface area contributed by atoms with Crippen molar-refractivity contribution in [2.24, 2.45) is 11.8 Å². The quantitative estimate of drug-likeness (QED) is 0.795. The second-order valence-electron chi connectivity index (χ2n) is 5.16. The lowest BCUT2D eigenvalue weighted by atomic mass is 9.76. The van der Waals surface area contributed by atoms with E-state index in [0.29, 0.717) is 0 Å². The van der Waals surface area contributed by atoms with Crippen molar-refractivity contribution >= 4 is 11.9 Å². The van der Waals surface area contributed by atoms with Crippen molar-refractivity contribution < 1.29 is 23.8 Å². The molecule has 1 fully saturated rings. The van der Waals surface area contributed by atoms with E-state index in [2.05, 4.69) is 0 Å². The summed E-state index contributed by atoms with van der Waals surface area (Å²) in [4.78, 5) is 24.5. The molecule has 1 aromatic carbocycles. The largest absolute Gasteiger partial charge is 0.466 e. The third kappa shape index (κ3) is 2.12. The Hall–Kier alpha value is -1.88. The molecule has 4 unspecified atom stereocenters. The Morgan fingerprint density at radius 1 is 0.952 bits per heavy atom. The first kappa shape index (κ1) is 14.1. The Morgan fingerprint density at radius 3 is 1.76 bits per heavy atom. The number of carbonyl (C=O) groups excluding carboxylic acids is 2. The van der Waals surface area contributed by atoms with Gasteiger partial charge in [0.05, 0.1) is 25.4 Å². The van der Waals surface area contributed by atoms with E-state index >= 15 is 0 Å². The van der Waals surface area contributed by atoms with Gasteiger partial charge < -0.3 is 14.2 Å². The number of hydrogen-bond acceptors (Lipinski definition) is 5. The van der Waals surface area contributed by atoms with Crippen molar-refractivity contribution in [3.05, 3.63) is 35.4 Å². The summed E-state index contributed by atoms with van der Waals surface area (Å²) in [5.74, 6) is -2.03. The molecule has 0 N–H and O–H groups in total. The Kier molecular flexibility index (Phi) is 3.68. The molecule has 2 heterocycles. The molecule has 112 valence electrons. The van der Waals surface area contributed by atoms with Crippen molar-refractivity contribution in [1.29, 1.82) is 0 Å². The average Bonchev–Trinajstić information content (AvgIpc) is 3.04. The summed E-state index contributed by atoms with van der Waals surface area (Å²) in [5, 5.41) is 0. The Labute approximate surface area is 123 Å². The van der Waals surface area contributed by atoms with Gasteiger partial charge in [-0.25, -0.2) is 0 Å². The van der Waals surface area contributed by atoms with Crippen LogP contribution in [0, 0.1) is 11.8 Å². The van der Waals surface area contributed by atoms with Crippen LogP contribution in [0.4, 0.5) is 0 Å². The van der Waals surface area contributed by atoms with Crippen LogP contribution in [0.25, 0.3) is 0 Å². The molecule has 2 aliphatic rings. The maximum Gasteiger partial charge on any atom is 0.312 e. The maximum absolute atomic E-state index is 12.3. The van der Waals surface area contributed by atoms with E-state index in [9.17, 15) is 9.59 Å². The minimum absolute atomic E-state index is 0.282. The van der Waals surface area contributed by atoms with Gasteiger partial charge in [-0.15, -0.1) is 0 Å². The molecule has 2 aliphatic heterocycles. The van der Waals surface area contributed by atoms with E-state index in [1.807, 2.05) is 24.3 Å². The number of benzene rings is 1. The molecule has 1 saturated heterocycles. The van der Waals surface area contributed by atoms with Crippen molar-refractivity contribution in [3.8, 4) is 0 Å². The standard InChI is InChI=1S/C16H18O5/c1-3-19-15(17)11-12(16(18)20-4-2)14-10-8-6-5-7-9(10)13(11)21-14/h5-8,11-14H,3-4H2,1-2H3. The van der Waals surface area contributed by atoms with Gasteiger partial charge in [-0.2, -0.15) is 0 Å². The molecule has 21 heavy (non-hydrogen) atoms. The highest BCUT2D eigenvalue weighted by Gasteiger charge is 2.59. The van der Waals surface area contributed by atoms with Crippen LogP contribution >= 0.6 is 0 Å². The van der Waals surface area contributed by atoms with E-state index in [1.54, 1.807) is 13.8 Å². The molecule has 0 spiro atoms. The lowest BCUT2D eigenvalue weighted by Gasteiger charge is -2.26. The minimum atomic E-state index is -0.621. The van der Waals surface area contributed by atoms with Gasteiger partial charge in [-0.1, -0.05) is 24.3 Å². The minimum Gasteiger partial charge on any atom is -0.466 e. The fraction of sp³-hybridized carbons (Fsp3) is 0.500. The summed E-state index contributed by atoms with van der Waals surface area (Å²) in [6.07, 6.45) is -0.834. The number of fused-ring (bicyclic) bond motifs is 5. The molecule has 5 heteroatoms. The van der Waals surface area contributed by atoms with E-state index in [1.165, 1.54) is 0 Å². The number of ether oxygens (including phenoxy) is 3. The van der Waals surface area contributed by atoms with Gasteiger partial charge in [0.1, 0.15) is 11.8 Å². The summed E-state index contributed by atoms with van der Waals surface area (Å²) in [6.45, 7) is 4.06. The molecule has 0 radical (unpaired) electrons. The van der Waals surface area contributed by atoms with Gasteiger partial charge >= 0.3 is 11.9 Å². The normalized spacial score (nSPS) is 29.0. The van der Waals surface area contributed by atoms with E-state index in [4.69, 9.17) is 14.2 Å². The lowest BCUT2D eigenvalue weighted by molar-refractivity contribution is -0.160. The molecule has 1 aromatic rings. The van der Waals surface area contributed by atoms with Crippen molar-refractivity contribution in [2.75, 3.05) is 13.2 Å². The number of carbonyl (C=O) groups is 2. The Morgan fingerprint density at radius 2 is 1.38 bits per heavy atom. The monoisotopic (exact) mass is 290 g/mol. The maximum atomic E-state index is 12.3. The zero-order valence-electron chi connectivity index (χ0n) is 12.1. The second-order valence-corrected chi connectivity index (χ2v) is 5.16. The van der Waals surface area contributed by atoms with Crippen LogP contribution < -0.4 is 0 Å². The van der Waals surface area contributed by atoms with Crippen LogP contribution in [0.2, 0.25) is 0 Å². The van der Waals surface area contributed by atoms with Gasteiger partial charge in [0.15, 0.2) is 0 Å². The Bertz CT molecular complexity index is 519. The molecule has 0 amide bonds. The smallest absolute Gasteiger partial charge is 0.312 e. The summed E-state index contributed by atoms with van der Waals surface area (Å²) in [6, 6.07) is 7.69. The van der Waals surface area contributed by atoms with Gasteiger partial charge in [-0.05, 0) is 25.0 Å². The molecule has 2 bridgehead atoms. The zero-order valence-corrected chi connectivity index (χ0v) is 12.1. The third-order valence-electron chi connectivity index (χ3n) is 4.06. The fourth-order valence-electron chi connectivity index (χ4n) is 3.28. The average molecular weight is 290 g/mol. The highest BCUT2D eigenvalue weighted by atomic mass is 16.6. The van der Waals surface area contributed by atoms with Crippen molar-refractivity contribution in [2.45, 2.75) is 26.1 Å². The summed E-state index contributed by atoms with van der Waals surface area (Å²) in [7, 11) is 0. The summed E-state index contributed by atoms with van der Waals surface area (Å²) in [5.41, 5.74) is 1.95. The molecule has 3 rings (SSSR count). The van der Waals surface area contributed by atoms with Gasteiger partial charge in [0.2, 0.25) is 0 Å². The number of rotatable bonds is 4. The first-order valence-electron chi connectivity index (χ1n) is 7.26. The third-order valence-corrected chi connectivity index (χ3v) is 4.06. The van der Waals surface area contributed by atoms with Crippen LogP contribution in [-0.4, -0.2) is 25.2 Å². The van der Waals surface area contributed by atoms with Gasteiger partial charge in [0, 0.05) is 0 Å². The zero-order chi connectivity index (χ0) is 15.0. The molecule has 0 aromatic heterocycles. The lowest BCUT2D eigenvalue weighted by Crippen LogP contribution is -2.36. The van der Waals surface area contributed by atoms with Gasteiger partial charge in [0.25, 0.3) is 0 Å². The van der Waals surface area contributed by atoms with Crippen molar-refractivity contribution in [3.63, 3.8) is 0 Å². The number of hydrogen-bond donors (Lipinski definition) is 0. The molecule has 0 saturated carbocycles. The van der Waals surface area contributed by atoms with E-state index < -0.39 is 36.0 Å². The first-order chi connectivity index (χ1) is 10.2. The fourth-order valence-corrected chi connectivity index (χ4v) is 3.28. The molecular weight excluding hydrogens is 272 g/mol. The van der Waals surface area contributed by atoms with Crippen LogP contribution in [0.15, 0.2) is 24.3 Å². The SMILES string of the molecule is CCOC(=O)C1C2OC(c3ccccc32)C1C(=O)OCC. The van der Waals surface area contributed by atoms with E-state index in [0.717, 1.165) is 11.1 Å². The van der Waals surface area contributed by atoms with Crippen molar-refractivity contribution in [1.82, 2.24) is 0 Å². The van der Waals surface area contributed by atoms with E-state index in [-0.39, 0.29) is 13.2 Å². The highest BCUT2D eigenvalue weighted by Crippen LogP contribution is 2.57. The first-order valence-corrected chi connectivity index (χ1v) is 7.26. The number of esters is 2. The molecule has 5 nitrogen and oxygen atoms in total.